The van der Waals surface area contributed by atoms with Gasteiger partial charge in [-0.05, 0) is 12.1 Å². The zero-order valence-electron chi connectivity index (χ0n) is 7.53. The van der Waals surface area contributed by atoms with Gasteiger partial charge in [0, 0.05) is 0 Å². The van der Waals surface area contributed by atoms with Crippen LogP contribution in [0.4, 0.5) is 0 Å². The zero-order chi connectivity index (χ0) is 10.7. The molecule has 6 heteroatoms. The summed E-state index contributed by atoms with van der Waals surface area (Å²) in [5.41, 5.74) is 0. The Kier molecular flexibility index (Phi) is 2.42. The van der Waals surface area contributed by atoms with Gasteiger partial charge in [0.05, 0.1) is 6.20 Å². The van der Waals surface area contributed by atoms with E-state index in [9.17, 15) is 8.42 Å². The van der Waals surface area contributed by atoms with Gasteiger partial charge in [-0.15, -0.1) is 0 Å². The molecular formula is C9H7NO4S. The Labute approximate surface area is 86.4 Å². The molecular weight excluding hydrogens is 218 g/mol. The molecule has 0 saturated heterocycles. The molecule has 5 nitrogen and oxygen atoms in total. The third kappa shape index (κ3) is 2.16. The van der Waals surface area contributed by atoms with E-state index in [0.29, 0.717) is 0 Å². The van der Waals surface area contributed by atoms with Crippen molar-refractivity contribution in [3.8, 4) is 5.75 Å². The van der Waals surface area contributed by atoms with Crippen molar-refractivity contribution in [1.82, 2.24) is 5.16 Å². The quantitative estimate of drug-likeness (QED) is 0.739. The summed E-state index contributed by atoms with van der Waals surface area (Å²) < 4.78 is 32.3. The molecule has 0 atom stereocenters. The minimum absolute atomic E-state index is 0.105. The van der Waals surface area contributed by atoms with E-state index in [1.165, 1.54) is 0 Å². The second-order valence-electron chi connectivity index (χ2n) is 2.71. The van der Waals surface area contributed by atoms with Crippen LogP contribution in [0.1, 0.15) is 0 Å². The molecule has 0 fully saturated rings. The lowest BCUT2D eigenvalue weighted by Gasteiger charge is -2.03. The largest absolute Gasteiger partial charge is 0.379 e. The lowest BCUT2D eigenvalue weighted by atomic mass is 10.3. The third-order valence-electron chi connectivity index (χ3n) is 1.65. The van der Waals surface area contributed by atoms with Crippen molar-refractivity contribution >= 4 is 10.1 Å². The lowest BCUT2D eigenvalue weighted by molar-refractivity contribution is 0.416. The van der Waals surface area contributed by atoms with Gasteiger partial charge in [-0.3, -0.25) is 0 Å². The van der Waals surface area contributed by atoms with E-state index >= 15 is 0 Å². The van der Waals surface area contributed by atoms with Gasteiger partial charge in [-0.2, -0.15) is 8.42 Å². The van der Waals surface area contributed by atoms with E-state index in [0.717, 1.165) is 12.5 Å². The minimum atomic E-state index is -3.83. The van der Waals surface area contributed by atoms with Crippen LogP contribution in [-0.4, -0.2) is 13.6 Å². The summed E-state index contributed by atoms with van der Waals surface area (Å²) in [6.45, 7) is 0. The molecule has 0 amide bonds. The van der Waals surface area contributed by atoms with Crippen LogP contribution in [0, 0.1) is 0 Å². The Bertz CT molecular complexity index is 519. The van der Waals surface area contributed by atoms with Crippen molar-refractivity contribution in [3.63, 3.8) is 0 Å². The van der Waals surface area contributed by atoms with Crippen molar-refractivity contribution in [3.05, 3.63) is 42.8 Å². The van der Waals surface area contributed by atoms with Gasteiger partial charge >= 0.3 is 10.1 Å². The Morgan fingerprint density at radius 1 is 1.20 bits per heavy atom. The van der Waals surface area contributed by atoms with Gasteiger partial charge in [0.1, 0.15) is 12.0 Å². The van der Waals surface area contributed by atoms with E-state index in [2.05, 4.69) is 9.68 Å². The van der Waals surface area contributed by atoms with Crippen molar-refractivity contribution in [2.24, 2.45) is 0 Å². The molecule has 0 spiro atoms. The first kappa shape index (κ1) is 9.72. The molecule has 0 unspecified atom stereocenters. The van der Waals surface area contributed by atoms with Crippen LogP contribution >= 0.6 is 0 Å². The van der Waals surface area contributed by atoms with Crippen molar-refractivity contribution < 1.29 is 17.1 Å². The van der Waals surface area contributed by atoms with Gasteiger partial charge in [-0.25, -0.2) is 0 Å². The first-order valence-electron chi connectivity index (χ1n) is 4.07. The summed E-state index contributed by atoms with van der Waals surface area (Å²) in [6.07, 6.45) is 2.09. The first-order chi connectivity index (χ1) is 7.18. The molecule has 0 aliphatic heterocycles. The van der Waals surface area contributed by atoms with E-state index < -0.39 is 10.1 Å². The molecule has 0 aliphatic carbocycles. The number of aromatic nitrogens is 1. The predicted octanol–water partition coefficient (Wildman–Crippen LogP) is 1.44. The van der Waals surface area contributed by atoms with Gasteiger partial charge in [0.15, 0.2) is 4.90 Å². The molecule has 2 rings (SSSR count). The second-order valence-corrected chi connectivity index (χ2v) is 4.26. The van der Waals surface area contributed by atoms with Crippen LogP contribution in [-0.2, 0) is 10.1 Å². The standard InChI is InChI=1S/C9H7NO4S/c11-15(12,9-6-10-13-7-9)14-8-4-2-1-3-5-8/h1-7H. The van der Waals surface area contributed by atoms with E-state index in [1.807, 2.05) is 0 Å². The molecule has 78 valence electrons. The fourth-order valence-electron chi connectivity index (χ4n) is 0.969. The highest BCUT2D eigenvalue weighted by atomic mass is 32.2. The third-order valence-corrected chi connectivity index (χ3v) is 2.84. The number of benzene rings is 1. The average Bonchev–Trinajstić information content (AvgIpc) is 2.71. The molecule has 1 aromatic heterocycles. The summed E-state index contributed by atoms with van der Waals surface area (Å²) in [6, 6.07) is 8.21. The number of hydrogen-bond acceptors (Lipinski definition) is 5. The molecule has 1 heterocycles. The van der Waals surface area contributed by atoms with Crippen LogP contribution in [0.3, 0.4) is 0 Å². The summed E-state index contributed by atoms with van der Waals surface area (Å²) in [5, 5.41) is 3.30. The summed E-state index contributed by atoms with van der Waals surface area (Å²) in [4.78, 5) is -0.105. The number of rotatable bonds is 3. The van der Waals surface area contributed by atoms with Crippen LogP contribution in [0.5, 0.6) is 5.75 Å². The summed E-state index contributed by atoms with van der Waals surface area (Å²) in [5.74, 6) is 0.249. The maximum atomic E-state index is 11.5. The highest BCUT2D eigenvalue weighted by molar-refractivity contribution is 7.87. The minimum Gasteiger partial charge on any atom is -0.379 e. The van der Waals surface area contributed by atoms with Crippen molar-refractivity contribution in [2.75, 3.05) is 0 Å². The smallest absolute Gasteiger partial charge is 0.344 e. The zero-order valence-corrected chi connectivity index (χ0v) is 8.35. The van der Waals surface area contributed by atoms with Crippen molar-refractivity contribution in [1.29, 1.82) is 0 Å². The Morgan fingerprint density at radius 2 is 1.93 bits per heavy atom. The molecule has 0 bridgehead atoms. The Morgan fingerprint density at radius 3 is 2.53 bits per heavy atom. The fourth-order valence-corrected chi connectivity index (χ4v) is 1.76. The van der Waals surface area contributed by atoms with E-state index in [1.54, 1.807) is 30.3 Å². The monoisotopic (exact) mass is 225 g/mol. The Balaban J connectivity index is 2.27. The molecule has 0 N–H and O–H groups in total. The predicted molar refractivity (Wildman–Crippen MR) is 50.8 cm³/mol. The molecule has 0 saturated carbocycles. The highest BCUT2D eigenvalue weighted by Crippen LogP contribution is 2.16. The number of hydrogen-bond donors (Lipinski definition) is 0. The summed E-state index contributed by atoms with van der Waals surface area (Å²) in [7, 11) is -3.83. The van der Waals surface area contributed by atoms with Crippen LogP contribution in [0.2, 0.25) is 0 Å². The lowest BCUT2D eigenvalue weighted by Crippen LogP contribution is -2.08. The van der Waals surface area contributed by atoms with Gasteiger partial charge < -0.3 is 8.71 Å². The second kappa shape index (κ2) is 3.74. The molecule has 0 radical (unpaired) electrons. The Hall–Kier alpha value is -1.82. The normalized spacial score (nSPS) is 11.2. The number of nitrogens with zero attached hydrogens (tertiary/aromatic N) is 1. The maximum absolute atomic E-state index is 11.5. The van der Waals surface area contributed by atoms with Crippen molar-refractivity contribution in [2.45, 2.75) is 4.90 Å². The van der Waals surface area contributed by atoms with Crippen LogP contribution in [0.25, 0.3) is 0 Å². The highest BCUT2D eigenvalue weighted by Gasteiger charge is 2.18. The summed E-state index contributed by atoms with van der Waals surface area (Å²) >= 11 is 0. The molecule has 15 heavy (non-hydrogen) atoms. The van der Waals surface area contributed by atoms with Crippen LogP contribution < -0.4 is 4.18 Å². The van der Waals surface area contributed by atoms with Gasteiger partial charge in [0.2, 0.25) is 0 Å². The maximum Gasteiger partial charge on any atom is 0.344 e. The molecule has 2 aromatic rings. The first-order valence-corrected chi connectivity index (χ1v) is 5.48. The molecule has 1 aromatic carbocycles. The van der Waals surface area contributed by atoms with Crippen LogP contribution in [0.15, 0.2) is 52.2 Å². The number of para-hydroxylation sites is 1. The van der Waals surface area contributed by atoms with Gasteiger partial charge in [-0.1, -0.05) is 23.4 Å². The van der Waals surface area contributed by atoms with E-state index in [4.69, 9.17) is 4.18 Å². The topological polar surface area (TPSA) is 69.4 Å². The van der Waals surface area contributed by atoms with Gasteiger partial charge in [0.25, 0.3) is 0 Å². The average molecular weight is 225 g/mol. The molecule has 0 aliphatic rings. The fraction of sp³-hybridized carbons (Fsp3) is 0. The SMILES string of the molecule is O=S(=O)(Oc1ccccc1)c1cnoc1. The van der Waals surface area contributed by atoms with E-state index in [-0.39, 0.29) is 10.6 Å².